The third-order valence-electron chi connectivity index (χ3n) is 2.69. The first-order valence-electron chi connectivity index (χ1n) is 5.96. The van der Waals surface area contributed by atoms with E-state index in [-0.39, 0.29) is 5.41 Å². The van der Waals surface area contributed by atoms with Crippen molar-refractivity contribution >= 4 is 15.9 Å². The number of para-hydroxylation sites is 1. The van der Waals surface area contributed by atoms with E-state index in [4.69, 9.17) is 10.00 Å². The lowest BCUT2D eigenvalue weighted by Gasteiger charge is -2.17. The molecule has 1 rings (SSSR count). The summed E-state index contributed by atoms with van der Waals surface area (Å²) in [5.41, 5.74) is 0.770. The fourth-order valence-electron chi connectivity index (χ4n) is 1.51. The molecule has 0 aromatic heterocycles. The summed E-state index contributed by atoms with van der Waals surface area (Å²) in [6, 6.07) is 8.26. The van der Waals surface area contributed by atoms with E-state index in [1.54, 1.807) is 0 Å². The topological polar surface area (TPSA) is 45.0 Å². The number of nitriles is 1. The second-order valence-electron chi connectivity index (χ2n) is 4.85. The Morgan fingerprint density at radius 1 is 1.44 bits per heavy atom. The van der Waals surface area contributed by atoms with Gasteiger partial charge in [-0.2, -0.15) is 5.26 Å². The van der Waals surface area contributed by atoms with E-state index in [0.717, 1.165) is 22.3 Å². The monoisotopic (exact) mass is 310 g/mol. The summed E-state index contributed by atoms with van der Waals surface area (Å²) in [4.78, 5) is 0. The smallest absolute Gasteiger partial charge is 0.137 e. The Labute approximate surface area is 117 Å². The molecule has 0 unspecified atom stereocenters. The second kappa shape index (κ2) is 6.77. The van der Waals surface area contributed by atoms with Crippen molar-refractivity contribution in [1.29, 1.82) is 5.26 Å². The minimum atomic E-state index is -0.343. The van der Waals surface area contributed by atoms with Crippen molar-refractivity contribution in [3.8, 4) is 11.8 Å². The van der Waals surface area contributed by atoms with E-state index in [2.05, 4.69) is 27.3 Å². The predicted octanol–water partition coefficient (Wildman–Crippen LogP) is 3.49. The third kappa shape index (κ3) is 4.32. The normalized spacial score (nSPS) is 11.1. The largest absolute Gasteiger partial charge is 0.492 e. The summed E-state index contributed by atoms with van der Waals surface area (Å²) in [7, 11) is 1.91. The maximum absolute atomic E-state index is 8.96. The van der Waals surface area contributed by atoms with Crippen molar-refractivity contribution in [2.24, 2.45) is 5.41 Å². The van der Waals surface area contributed by atoms with Crippen LogP contribution in [0.25, 0.3) is 0 Å². The Kier molecular flexibility index (Phi) is 5.64. The molecule has 0 bridgehead atoms. The van der Waals surface area contributed by atoms with Gasteiger partial charge in [0.1, 0.15) is 5.75 Å². The first-order valence-corrected chi connectivity index (χ1v) is 6.75. The van der Waals surface area contributed by atoms with Crippen molar-refractivity contribution in [1.82, 2.24) is 5.32 Å². The van der Waals surface area contributed by atoms with Crippen molar-refractivity contribution < 1.29 is 4.74 Å². The molecule has 18 heavy (non-hydrogen) atoms. The van der Waals surface area contributed by atoms with E-state index in [9.17, 15) is 0 Å². The lowest BCUT2D eigenvalue weighted by atomic mass is 9.92. The van der Waals surface area contributed by atoms with Crippen molar-refractivity contribution in [2.75, 3.05) is 13.7 Å². The highest BCUT2D eigenvalue weighted by Crippen LogP contribution is 2.30. The first-order chi connectivity index (χ1) is 8.50. The fraction of sp³-hybridized carbons (Fsp3) is 0.500. The zero-order chi connectivity index (χ0) is 13.6. The molecule has 0 atom stereocenters. The van der Waals surface area contributed by atoms with Gasteiger partial charge < -0.3 is 10.1 Å². The SMILES string of the molecule is CNCc1cccc(Br)c1OCCC(C)(C)C#N. The zero-order valence-corrected chi connectivity index (χ0v) is 12.7. The molecule has 1 N–H and O–H groups in total. The first kappa shape index (κ1) is 15.0. The van der Waals surface area contributed by atoms with Gasteiger partial charge in [0.2, 0.25) is 0 Å². The number of hydrogen-bond donors (Lipinski definition) is 1. The number of rotatable bonds is 6. The van der Waals surface area contributed by atoms with E-state index >= 15 is 0 Å². The number of ether oxygens (including phenoxy) is 1. The van der Waals surface area contributed by atoms with Crippen LogP contribution in [0.15, 0.2) is 22.7 Å². The van der Waals surface area contributed by atoms with Gasteiger partial charge in [-0.1, -0.05) is 12.1 Å². The number of benzene rings is 1. The van der Waals surface area contributed by atoms with Crippen LogP contribution in [0, 0.1) is 16.7 Å². The maximum atomic E-state index is 8.96. The standard InChI is InChI=1S/C14H19BrN2O/c1-14(2,10-16)7-8-18-13-11(9-17-3)5-4-6-12(13)15/h4-6,17H,7-9H2,1-3H3. The average Bonchev–Trinajstić information content (AvgIpc) is 2.33. The van der Waals surface area contributed by atoms with Crippen molar-refractivity contribution in [3.63, 3.8) is 0 Å². The minimum Gasteiger partial charge on any atom is -0.492 e. The van der Waals surface area contributed by atoms with Gasteiger partial charge in [-0.25, -0.2) is 0 Å². The molecule has 0 aliphatic carbocycles. The van der Waals surface area contributed by atoms with Crippen LogP contribution in [0.1, 0.15) is 25.8 Å². The van der Waals surface area contributed by atoms with Crippen molar-refractivity contribution in [2.45, 2.75) is 26.8 Å². The number of nitrogens with zero attached hydrogens (tertiary/aromatic N) is 1. The zero-order valence-electron chi connectivity index (χ0n) is 11.1. The quantitative estimate of drug-likeness (QED) is 0.875. The Balaban J connectivity index is 2.70. The van der Waals surface area contributed by atoms with Gasteiger partial charge in [0.15, 0.2) is 0 Å². The molecule has 0 radical (unpaired) electrons. The van der Waals surface area contributed by atoms with Crippen LogP contribution >= 0.6 is 15.9 Å². The molecular weight excluding hydrogens is 292 g/mol. The number of hydrogen-bond acceptors (Lipinski definition) is 3. The Hall–Kier alpha value is -1.05. The van der Waals surface area contributed by atoms with E-state index in [1.165, 1.54) is 0 Å². The fourth-order valence-corrected chi connectivity index (χ4v) is 2.03. The molecule has 0 saturated heterocycles. The second-order valence-corrected chi connectivity index (χ2v) is 5.71. The van der Waals surface area contributed by atoms with Crippen LogP contribution in [0.5, 0.6) is 5.75 Å². The van der Waals surface area contributed by atoms with Gasteiger partial charge in [-0.15, -0.1) is 0 Å². The maximum Gasteiger partial charge on any atom is 0.137 e. The molecule has 0 heterocycles. The van der Waals surface area contributed by atoms with Gasteiger partial charge in [0.05, 0.1) is 22.6 Å². The molecule has 0 amide bonds. The molecule has 3 nitrogen and oxygen atoms in total. The molecule has 0 spiro atoms. The van der Waals surface area contributed by atoms with Crippen LogP contribution in [0.2, 0.25) is 0 Å². The van der Waals surface area contributed by atoms with E-state index in [1.807, 2.05) is 39.1 Å². The number of halogens is 1. The minimum absolute atomic E-state index is 0.343. The van der Waals surface area contributed by atoms with Gasteiger partial charge in [-0.05, 0) is 49.3 Å². The predicted molar refractivity (Wildman–Crippen MR) is 76.4 cm³/mol. The summed E-state index contributed by atoms with van der Waals surface area (Å²) < 4.78 is 6.77. The molecule has 98 valence electrons. The Bertz CT molecular complexity index is 438. The molecule has 1 aromatic rings. The molecule has 0 aliphatic heterocycles. The highest BCUT2D eigenvalue weighted by atomic mass is 79.9. The van der Waals surface area contributed by atoms with Crippen LogP contribution < -0.4 is 10.1 Å². The lowest BCUT2D eigenvalue weighted by Crippen LogP contribution is -2.14. The highest BCUT2D eigenvalue weighted by Gasteiger charge is 2.17. The van der Waals surface area contributed by atoms with Crippen molar-refractivity contribution in [3.05, 3.63) is 28.2 Å². The third-order valence-corrected chi connectivity index (χ3v) is 3.32. The summed E-state index contributed by atoms with van der Waals surface area (Å²) >= 11 is 3.50. The van der Waals surface area contributed by atoms with Gasteiger partial charge in [0, 0.05) is 12.1 Å². The molecular formula is C14H19BrN2O. The highest BCUT2D eigenvalue weighted by molar-refractivity contribution is 9.10. The molecule has 4 heteroatoms. The summed E-state index contributed by atoms with van der Waals surface area (Å²) in [5.74, 6) is 0.862. The summed E-state index contributed by atoms with van der Waals surface area (Å²) in [6.45, 7) is 5.14. The van der Waals surface area contributed by atoms with E-state index in [0.29, 0.717) is 13.0 Å². The molecule has 0 aliphatic rings. The van der Waals surface area contributed by atoms with Gasteiger partial charge in [-0.3, -0.25) is 0 Å². The molecule has 0 fully saturated rings. The van der Waals surface area contributed by atoms with Crippen LogP contribution in [0.4, 0.5) is 0 Å². The molecule has 0 saturated carbocycles. The van der Waals surface area contributed by atoms with Crippen LogP contribution in [0.3, 0.4) is 0 Å². The molecule has 1 aromatic carbocycles. The number of nitrogens with one attached hydrogen (secondary N) is 1. The summed E-state index contributed by atoms with van der Waals surface area (Å²) in [6.07, 6.45) is 0.712. The van der Waals surface area contributed by atoms with Gasteiger partial charge >= 0.3 is 0 Å². The van der Waals surface area contributed by atoms with Crippen LogP contribution in [-0.4, -0.2) is 13.7 Å². The van der Waals surface area contributed by atoms with E-state index < -0.39 is 0 Å². The average molecular weight is 311 g/mol. The van der Waals surface area contributed by atoms with Gasteiger partial charge in [0.25, 0.3) is 0 Å². The van der Waals surface area contributed by atoms with Crippen LogP contribution in [-0.2, 0) is 6.54 Å². The Morgan fingerprint density at radius 2 is 2.17 bits per heavy atom. The lowest BCUT2D eigenvalue weighted by molar-refractivity contribution is 0.260. The summed E-state index contributed by atoms with van der Waals surface area (Å²) in [5, 5.41) is 12.1. The Morgan fingerprint density at radius 3 is 2.78 bits per heavy atom.